The van der Waals surface area contributed by atoms with E-state index in [0.29, 0.717) is 29.1 Å². The van der Waals surface area contributed by atoms with Crippen LogP contribution in [0, 0.1) is 0 Å². The first-order valence-electron chi connectivity index (χ1n) is 7.71. The highest BCUT2D eigenvalue weighted by Gasteiger charge is 2.30. The SMILES string of the molecule is CC1(C)CCC(CNC(=O)c2coc(-c3ccccc3Cl)n2)N1. The molecule has 0 aliphatic carbocycles. The molecule has 1 unspecified atom stereocenters. The molecule has 1 aliphatic rings. The number of aromatic nitrogens is 1. The van der Waals surface area contributed by atoms with E-state index in [9.17, 15) is 4.79 Å². The van der Waals surface area contributed by atoms with E-state index in [1.807, 2.05) is 12.1 Å². The Morgan fingerprint density at radius 2 is 2.26 bits per heavy atom. The molecule has 5 nitrogen and oxygen atoms in total. The Morgan fingerprint density at radius 1 is 1.48 bits per heavy atom. The van der Waals surface area contributed by atoms with Crippen molar-refractivity contribution in [1.29, 1.82) is 0 Å². The van der Waals surface area contributed by atoms with Gasteiger partial charge in [-0.05, 0) is 38.8 Å². The maximum absolute atomic E-state index is 12.2. The van der Waals surface area contributed by atoms with Crippen LogP contribution in [0.4, 0.5) is 0 Å². The van der Waals surface area contributed by atoms with Gasteiger partial charge in [-0.3, -0.25) is 4.79 Å². The number of hydrogen-bond acceptors (Lipinski definition) is 4. The van der Waals surface area contributed by atoms with Crippen LogP contribution in [0.5, 0.6) is 0 Å². The molecule has 1 atom stereocenters. The van der Waals surface area contributed by atoms with Crippen molar-refractivity contribution in [3.05, 3.63) is 41.2 Å². The summed E-state index contributed by atoms with van der Waals surface area (Å²) in [5.74, 6) is 0.111. The fourth-order valence-corrected chi connectivity index (χ4v) is 3.04. The Labute approximate surface area is 140 Å². The molecule has 1 saturated heterocycles. The van der Waals surface area contributed by atoms with Crippen molar-refractivity contribution in [3.63, 3.8) is 0 Å². The predicted octanol–water partition coefficient (Wildman–Crippen LogP) is 3.26. The van der Waals surface area contributed by atoms with Gasteiger partial charge in [-0.15, -0.1) is 0 Å². The number of amides is 1. The molecule has 1 aromatic carbocycles. The first-order valence-corrected chi connectivity index (χ1v) is 8.09. The van der Waals surface area contributed by atoms with E-state index in [0.717, 1.165) is 12.8 Å². The van der Waals surface area contributed by atoms with Gasteiger partial charge in [0.15, 0.2) is 5.69 Å². The molecule has 1 aromatic heterocycles. The Morgan fingerprint density at radius 3 is 2.96 bits per heavy atom. The average molecular weight is 334 g/mol. The monoisotopic (exact) mass is 333 g/mol. The molecule has 0 radical (unpaired) electrons. The molecule has 122 valence electrons. The summed E-state index contributed by atoms with van der Waals surface area (Å²) in [5, 5.41) is 6.94. The summed E-state index contributed by atoms with van der Waals surface area (Å²) in [6, 6.07) is 7.54. The number of oxazole rings is 1. The molecule has 1 amide bonds. The molecule has 23 heavy (non-hydrogen) atoms. The van der Waals surface area contributed by atoms with Crippen molar-refractivity contribution in [2.24, 2.45) is 0 Å². The van der Waals surface area contributed by atoms with Crippen molar-refractivity contribution in [3.8, 4) is 11.5 Å². The van der Waals surface area contributed by atoms with Gasteiger partial charge in [0.25, 0.3) is 5.91 Å². The number of nitrogens with zero attached hydrogens (tertiary/aromatic N) is 1. The van der Waals surface area contributed by atoms with Gasteiger partial charge in [0.1, 0.15) is 6.26 Å². The zero-order valence-electron chi connectivity index (χ0n) is 13.2. The molecule has 2 aromatic rings. The van der Waals surface area contributed by atoms with Gasteiger partial charge < -0.3 is 15.1 Å². The fourth-order valence-electron chi connectivity index (χ4n) is 2.83. The summed E-state index contributed by atoms with van der Waals surface area (Å²) < 4.78 is 5.39. The molecule has 0 saturated carbocycles. The largest absolute Gasteiger partial charge is 0.444 e. The maximum atomic E-state index is 12.2. The minimum Gasteiger partial charge on any atom is -0.444 e. The average Bonchev–Trinajstić information content (AvgIpc) is 3.12. The maximum Gasteiger partial charge on any atom is 0.273 e. The standard InChI is InChI=1S/C17H20ClN3O2/c1-17(2)8-7-11(21-17)9-19-15(22)14-10-23-16(20-14)12-5-3-4-6-13(12)18/h3-6,10-11,21H,7-9H2,1-2H3,(H,19,22). The predicted molar refractivity (Wildman–Crippen MR) is 89.5 cm³/mol. The van der Waals surface area contributed by atoms with E-state index in [1.54, 1.807) is 12.1 Å². The van der Waals surface area contributed by atoms with E-state index < -0.39 is 0 Å². The molecule has 3 rings (SSSR count). The minimum atomic E-state index is -0.237. The minimum absolute atomic E-state index is 0.139. The molecule has 0 bridgehead atoms. The van der Waals surface area contributed by atoms with E-state index in [-0.39, 0.29) is 17.1 Å². The Kier molecular flexibility index (Phi) is 4.41. The quantitative estimate of drug-likeness (QED) is 0.901. The second kappa shape index (κ2) is 6.34. The van der Waals surface area contributed by atoms with Crippen LogP contribution in [0.1, 0.15) is 37.2 Å². The lowest BCUT2D eigenvalue weighted by Crippen LogP contribution is -2.43. The Balaban J connectivity index is 1.62. The highest BCUT2D eigenvalue weighted by Crippen LogP contribution is 2.26. The van der Waals surface area contributed by atoms with Gasteiger partial charge in [-0.1, -0.05) is 23.7 Å². The summed E-state index contributed by atoms with van der Waals surface area (Å²) >= 11 is 6.11. The molecule has 6 heteroatoms. The van der Waals surface area contributed by atoms with Crippen LogP contribution in [-0.2, 0) is 0 Å². The third-order valence-corrected chi connectivity index (χ3v) is 4.39. The molecule has 2 heterocycles. The molecule has 1 aliphatic heterocycles. The zero-order valence-corrected chi connectivity index (χ0v) is 14.0. The van der Waals surface area contributed by atoms with Gasteiger partial charge in [0.2, 0.25) is 5.89 Å². The van der Waals surface area contributed by atoms with Crippen LogP contribution in [-0.4, -0.2) is 29.0 Å². The molecule has 2 N–H and O–H groups in total. The van der Waals surface area contributed by atoms with Crippen molar-refractivity contribution >= 4 is 17.5 Å². The normalized spacial score (nSPS) is 19.7. The first-order chi connectivity index (χ1) is 10.9. The lowest BCUT2D eigenvalue weighted by Gasteiger charge is -2.20. The third kappa shape index (κ3) is 3.74. The van der Waals surface area contributed by atoms with Gasteiger partial charge in [0, 0.05) is 18.1 Å². The molecular formula is C17H20ClN3O2. The van der Waals surface area contributed by atoms with Crippen molar-refractivity contribution in [2.75, 3.05) is 6.54 Å². The second-order valence-electron chi connectivity index (χ2n) is 6.49. The second-order valence-corrected chi connectivity index (χ2v) is 6.90. The van der Waals surface area contributed by atoms with Crippen LogP contribution < -0.4 is 10.6 Å². The van der Waals surface area contributed by atoms with Crippen molar-refractivity contribution in [2.45, 2.75) is 38.3 Å². The van der Waals surface area contributed by atoms with E-state index >= 15 is 0 Å². The lowest BCUT2D eigenvalue weighted by atomic mass is 10.0. The molecule has 0 spiro atoms. The zero-order chi connectivity index (χ0) is 16.4. The fraction of sp³-hybridized carbons (Fsp3) is 0.412. The number of benzene rings is 1. The van der Waals surface area contributed by atoms with E-state index in [2.05, 4.69) is 29.5 Å². The summed E-state index contributed by atoms with van der Waals surface area (Å²) in [6.45, 7) is 4.92. The van der Waals surface area contributed by atoms with Crippen LogP contribution in [0.15, 0.2) is 34.9 Å². The van der Waals surface area contributed by atoms with Gasteiger partial charge in [0.05, 0.1) is 10.6 Å². The van der Waals surface area contributed by atoms with Crippen LogP contribution >= 0.6 is 11.6 Å². The van der Waals surface area contributed by atoms with Gasteiger partial charge in [-0.25, -0.2) is 4.98 Å². The van der Waals surface area contributed by atoms with Crippen LogP contribution in [0.25, 0.3) is 11.5 Å². The molecular weight excluding hydrogens is 314 g/mol. The van der Waals surface area contributed by atoms with Crippen LogP contribution in [0.2, 0.25) is 5.02 Å². The smallest absolute Gasteiger partial charge is 0.273 e. The number of halogens is 1. The number of rotatable bonds is 4. The van der Waals surface area contributed by atoms with Crippen LogP contribution in [0.3, 0.4) is 0 Å². The highest BCUT2D eigenvalue weighted by molar-refractivity contribution is 6.33. The van der Waals surface area contributed by atoms with Gasteiger partial charge in [-0.2, -0.15) is 0 Å². The summed E-state index contributed by atoms with van der Waals surface area (Å²) in [6.07, 6.45) is 3.52. The van der Waals surface area contributed by atoms with Crippen molar-refractivity contribution < 1.29 is 9.21 Å². The Bertz CT molecular complexity index is 711. The summed E-state index contributed by atoms with van der Waals surface area (Å²) in [7, 11) is 0. The number of hydrogen-bond donors (Lipinski definition) is 2. The Hall–Kier alpha value is -1.85. The van der Waals surface area contributed by atoms with Crippen molar-refractivity contribution in [1.82, 2.24) is 15.6 Å². The summed E-state index contributed by atoms with van der Waals surface area (Å²) in [5.41, 5.74) is 1.07. The topological polar surface area (TPSA) is 67.2 Å². The number of nitrogens with one attached hydrogen (secondary N) is 2. The third-order valence-electron chi connectivity index (χ3n) is 4.06. The summed E-state index contributed by atoms with van der Waals surface area (Å²) in [4.78, 5) is 16.4. The van der Waals surface area contributed by atoms with E-state index in [1.165, 1.54) is 6.26 Å². The highest BCUT2D eigenvalue weighted by atomic mass is 35.5. The first kappa shape index (κ1) is 16.0. The van der Waals surface area contributed by atoms with E-state index in [4.69, 9.17) is 16.0 Å². The lowest BCUT2D eigenvalue weighted by molar-refractivity contribution is 0.0944. The molecule has 1 fully saturated rings. The van der Waals surface area contributed by atoms with Gasteiger partial charge >= 0.3 is 0 Å². The number of carbonyl (C=O) groups excluding carboxylic acids is 1. The number of carbonyl (C=O) groups is 1.